The number of allylic oxidation sites excluding steroid dienone is 1. The average molecular weight is 277 g/mol. The minimum atomic E-state index is -3.77. The smallest absolute Gasteiger partial charge is 0.280 e. The minimum absolute atomic E-state index is 0.0910. The van der Waals surface area contributed by atoms with Crippen molar-refractivity contribution in [2.45, 2.75) is 44.7 Å². The summed E-state index contributed by atoms with van der Waals surface area (Å²) in [5.41, 5.74) is 1.02. The molecule has 1 rings (SSSR count). The summed E-state index contributed by atoms with van der Waals surface area (Å²) in [5.74, 6) is 0.839. The van der Waals surface area contributed by atoms with Crippen LogP contribution in [0.4, 0.5) is 0 Å². The predicted octanol–water partition coefficient (Wildman–Crippen LogP) is 2.90. The zero-order valence-corrected chi connectivity index (χ0v) is 11.8. The maximum atomic E-state index is 11.2. The van der Waals surface area contributed by atoms with Gasteiger partial charge < -0.3 is 4.57 Å². The fourth-order valence-electron chi connectivity index (χ4n) is 1.46. The highest BCUT2D eigenvalue weighted by molar-refractivity contribution is 8.13. The lowest BCUT2D eigenvalue weighted by Crippen LogP contribution is -2.05. The van der Waals surface area contributed by atoms with Crippen molar-refractivity contribution in [2.24, 2.45) is 0 Å². The highest BCUT2D eigenvalue weighted by atomic mass is 35.7. The van der Waals surface area contributed by atoms with Crippen LogP contribution in [0.3, 0.4) is 0 Å². The molecule has 0 spiro atoms. The Morgan fingerprint density at radius 3 is 2.59 bits per heavy atom. The summed E-state index contributed by atoms with van der Waals surface area (Å²) < 4.78 is 24.3. The van der Waals surface area contributed by atoms with Crippen LogP contribution in [0.2, 0.25) is 0 Å². The van der Waals surface area contributed by atoms with Gasteiger partial charge in [-0.2, -0.15) is 0 Å². The van der Waals surface area contributed by atoms with Crippen molar-refractivity contribution in [2.75, 3.05) is 0 Å². The highest BCUT2D eigenvalue weighted by Crippen LogP contribution is 2.21. The van der Waals surface area contributed by atoms with Crippen molar-refractivity contribution in [3.8, 4) is 0 Å². The van der Waals surface area contributed by atoms with Gasteiger partial charge in [-0.15, -0.1) is 0 Å². The molecule has 0 unspecified atom stereocenters. The molecule has 1 aromatic rings. The number of imidazole rings is 1. The first-order valence-corrected chi connectivity index (χ1v) is 7.75. The largest absolute Gasteiger partial charge is 0.329 e. The lowest BCUT2D eigenvalue weighted by atomic mass is 10.2. The summed E-state index contributed by atoms with van der Waals surface area (Å²) in [5, 5.41) is -0.0910. The van der Waals surface area contributed by atoms with Crippen molar-refractivity contribution in [3.63, 3.8) is 0 Å². The Kier molecular flexibility index (Phi) is 4.38. The van der Waals surface area contributed by atoms with E-state index in [4.69, 9.17) is 10.7 Å². The third kappa shape index (κ3) is 3.57. The van der Waals surface area contributed by atoms with Crippen molar-refractivity contribution in [1.82, 2.24) is 9.55 Å². The average Bonchev–Trinajstić information content (AvgIpc) is 2.61. The first-order valence-electron chi connectivity index (χ1n) is 5.44. The fourth-order valence-corrected chi connectivity index (χ4v) is 2.14. The molecular weight excluding hydrogens is 260 g/mol. The molecule has 17 heavy (non-hydrogen) atoms. The van der Waals surface area contributed by atoms with Gasteiger partial charge in [0.1, 0.15) is 5.82 Å². The molecule has 0 saturated carbocycles. The summed E-state index contributed by atoms with van der Waals surface area (Å²) in [4.78, 5) is 4.07. The zero-order chi connectivity index (χ0) is 13.2. The first-order chi connectivity index (χ1) is 7.75. The molecule has 0 aliphatic carbocycles. The lowest BCUT2D eigenvalue weighted by Gasteiger charge is -2.10. The van der Waals surface area contributed by atoms with Gasteiger partial charge in [-0.3, -0.25) is 0 Å². The van der Waals surface area contributed by atoms with E-state index < -0.39 is 9.05 Å². The summed E-state index contributed by atoms with van der Waals surface area (Å²) >= 11 is 0. The van der Waals surface area contributed by atoms with Gasteiger partial charge >= 0.3 is 0 Å². The Balaban J connectivity index is 3.19. The lowest BCUT2D eigenvalue weighted by molar-refractivity contribution is 0.606. The normalized spacial score (nSPS) is 12.1. The monoisotopic (exact) mass is 276 g/mol. The van der Waals surface area contributed by atoms with Gasteiger partial charge in [0.05, 0.1) is 0 Å². The van der Waals surface area contributed by atoms with Crippen molar-refractivity contribution in [3.05, 3.63) is 24.2 Å². The second-order valence-corrected chi connectivity index (χ2v) is 6.77. The summed E-state index contributed by atoms with van der Waals surface area (Å²) in [6.07, 6.45) is 2.32. The molecule has 6 heteroatoms. The maximum Gasteiger partial charge on any atom is 0.280 e. The molecule has 0 aromatic carbocycles. The molecule has 0 saturated heterocycles. The third-order valence-corrected chi connectivity index (χ3v) is 3.62. The summed E-state index contributed by atoms with van der Waals surface area (Å²) in [6, 6.07) is 0. The van der Waals surface area contributed by atoms with Gasteiger partial charge in [-0.05, 0) is 6.42 Å². The zero-order valence-electron chi connectivity index (χ0n) is 10.3. The van der Waals surface area contributed by atoms with Gasteiger partial charge in [-0.1, -0.05) is 32.9 Å². The second kappa shape index (κ2) is 5.23. The van der Waals surface area contributed by atoms with E-state index in [-0.39, 0.29) is 10.9 Å². The van der Waals surface area contributed by atoms with Crippen molar-refractivity contribution < 1.29 is 8.42 Å². The highest BCUT2D eigenvalue weighted by Gasteiger charge is 2.19. The number of aromatic nitrogens is 2. The Labute approximate surface area is 107 Å². The molecule has 0 N–H and O–H groups in total. The molecule has 0 atom stereocenters. The molecule has 0 aliphatic heterocycles. The second-order valence-electron chi connectivity index (χ2n) is 4.26. The van der Waals surface area contributed by atoms with E-state index >= 15 is 0 Å². The van der Waals surface area contributed by atoms with Crippen LogP contribution in [0.25, 0.3) is 0 Å². The minimum Gasteiger partial charge on any atom is -0.329 e. The van der Waals surface area contributed by atoms with Crippen LogP contribution < -0.4 is 0 Å². The van der Waals surface area contributed by atoms with Crippen LogP contribution in [0.15, 0.2) is 23.4 Å². The number of rotatable bonds is 5. The maximum absolute atomic E-state index is 11.2. The predicted molar refractivity (Wildman–Crippen MR) is 68.8 cm³/mol. The SMILES string of the molecule is C=C(CC)Cn1cc(S(=O)(=O)Cl)nc1C(C)C. The Bertz CT molecular complexity index is 518. The number of nitrogens with zero attached hydrogens (tertiary/aromatic N) is 2. The summed E-state index contributed by atoms with van der Waals surface area (Å²) in [6.45, 7) is 10.4. The Hall–Kier alpha value is -0.810. The van der Waals surface area contributed by atoms with Crippen LogP contribution in [-0.4, -0.2) is 18.0 Å². The van der Waals surface area contributed by atoms with Crippen LogP contribution in [0, 0.1) is 0 Å². The molecule has 1 heterocycles. The van der Waals surface area contributed by atoms with E-state index in [9.17, 15) is 8.42 Å². The van der Waals surface area contributed by atoms with Crippen molar-refractivity contribution >= 4 is 19.7 Å². The fraction of sp³-hybridized carbons (Fsp3) is 0.545. The molecule has 0 amide bonds. The van der Waals surface area contributed by atoms with Crippen LogP contribution in [-0.2, 0) is 15.6 Å². The first kappa shape index (κ1) is 14.3. The van der Waals surface area contributed by atoms with Gasteiger partial charge in [0.15, 0.2) is 5.03 Å². The number of halogens is 1. The number of hydrogen-bond donors (Lipinski definition) is 0. The molecular formula is C11H17ClN2O2S. The number of hydrogen-bond acceptors (Lipinski definition) is 3. The third-order valence-electron chi connectivity index (χ3n) is 2.45. The molecule has 0 aliphatic rings. The van der Waals surface area contributed by atoms with Crippen LogP contribution in [0.5, 0.6) is 0 Å². The quantitative estimate of drug-likeness (QED) is 0.614. The molecule has 4 nitrogen and oxygen atoms in total. The molecule has 96 valence electrons. The van der Waals surface area contributed by atoms with Crippen LogP contribution in [0.1, 0.15) is 38.9 Å². The molecule has 0 radical (unpaired) electrons. The molecule has 1 aromatic heterocycles. The van der Waals surface area contributed by atoms with Crippen LogP contribution >= 0.6 is 10.7 Å². The van der Waals surface area contributed by atoms with E-state index in [1.165, 1.54) is 6.20 Å². The van der Waals surface area contributed by atoms with Gasteiger partial charge in [0, 0.05) is 29.3 Å². The van der Waals surface area contributed by atoms with Gasteiger partial charge in [0.2, 0.25) is 0 Å². The van der Waals surface area contributed by atoms with Gasteiger partial charge in [-0.25, -0.2) is 13.4 Å². The Morgan fingerprint density at radius 1 is 1.59 bits per heavy atom. The Morgan fingerprint density at radius 2 is 2.18 bits per heavy atom. The molecule has 0 bridgehead atoms. The van der Waals surface area contributed by atoms with E-state index in [1.54, 1.807) is 4.57 Å². The van der Waals surface area contributed by atoms with E-state index in [1.807, 2.05) is 20.8 Å². The van der Waals surface area contributed by atoms with E-state index in [2.05, 4.69) is 11.6 Å². The standard InChI is InChI=1S/C11H17ClN2O2S/c1-5-9(4)6-14-7-10(17(12,15)16)13-11(14)8(2)3/h7-8H,4-6H2,1-3H3. The molecule has 0 fully saturated rings. The van der Waals surface area contributed by atoms with Gasteiger partial charge in [0.25, 0.3) is 9.05 Å². The van der Waals surface area contributed by atoms with E-state index in [0.717, 1.165) is 12.0 Å². The van der Waals surface area contributed by atoms with E-state index in [0.29, 0.717) is 12.4 Å². The topological polar surface area (TPSA) is 52.0 Å². The summed E-state index contributed by atoms with van der Waals surface area (Å²) in [7, 11) is 1.52. The van der Waals surface area contributed by atoms with Crippen molar-refractivity contribution in [1.29, 1.82) is 0 Å².